The van der Waals surface area contributed by atoms with E-state index in [9.17, 15) is 4.79 Å². The van der Waals surface area contributed by atoms with E-state index in [2.05, 4.69) is 26.5 Å². The van der Waals surface area contributed by atoms with Gasteiger partial charge >= 0.3 is 0 Å². The summed E-state index contributed by atoms with van der Waals surface area (Å²) in [6.45, 7) is 8.31. The second-order valence-electron chi connectivity index (χ2n) is 6.31. The molecule has 0 bridgehead atoms. The second-order valence-corrected chi connectivity index (χ2v) is 6.83. The van der Waals surface area contributed by atoms with Crippen LogP contribution in [0.1, 0.15) is 49.0 Å². The quantitative estimate of drug-likeness (QED) is 0.771. The van der Waals surface area contributed by atoms with Crippen molar-refractivity contribution in [1.82, 2.24) is 4.90 Å². The molecule has 3 heteroatoms. The fourth-order valence-electron chi connectivity index (χ4n) is 2.64. The highest BCUT2D eigenvalue weighted by Crippen LogP contribution is 2.30. The maximum absolute atomic E-state index is 12.6. The lowest BCUT2D eigenvalue weighted by molar-refractivity contribution is 0.0756. The third-order valence-electron chi connectivity index (χ3n) is 4.08. The van der Waals surface area contributed by atoms with Crippen molar-refractivity contribution in [1.29, 1.82) is 0 Å². The van der Waals surface area contributed by atoms with Gasteiger partial charge in [0.1, 0.15) is 0 Å². The fraction of sp³-hybridized carbons (Fsp3) is 0.562. The van der Waals surface area contributed by atoms with Gasteiger partial charge in [-0.25, -0.2) is 0 Å². The first-order valence-electron chi connectivity index (χ1n) is 6.98. The summed E-state index contributed by atoms with van der Waals surface area (Å²) in [4.78, 5) is 15.5. The number of benzene rings is 1. The average molecular weight is 277 g/mol. The van der Waals surface area contributed by atoms with Crippen LogP contribution in [0.15, 0.2) is 23.1 Å². The average Bonchev–Trinajstić information content (AvgIpc) is 2.52. The summed E-state index contributed by atoms with van der Waals surface area (Å²) in [5.41, 5.74) is 2.19. The molecule has 19 heavy (non-hydrogen) atoms. The van der Waals surface area contributed by atoms with Crippen LogP contribution < -0.4 is 0 Å². The topological polar surface area (TPSA) is 20.3 Å². The zero-order chi connectivity index (χ0) is 14.0. The van der Waals surface area contributed by atoms with Crippen molar-refractivity contribution in [2.45, 2.75) is 44.9 Å². The Bertz CT molecular complexity index is 482. The number of hydrogen-bond donors (Lipinski definition) is 1. The fourth-order valence-corrected chi connectivity index (χ4v) is 2.84. The molecule has 1 saturated heterocycles. The summed E-state index contributed by atoms with van der Waals surface area (Å²) in [6.07, 6.45) is 3.37. The highest BCUT2D eigenvalue weighted by molar-refractivity contribution is 7.80. The van der Waals surface area contributed by atoms with Crippen molar-refractivity contribution in [3.05, 3.63) is 29.3 Å². The van der Waals surface area contributed by atoms with E-state index in [0.717, 1.165) is 42.0 Å². The maximum atomic E-state index is 12.6. The van der Waals surface area contributed by atoms with Gasteiger partial charge in [0.05, 0.1) is 0 Å². The predicted octanol–water partition coefficient (Wildman–Crippen LogP) is 3.94. The van der Waals surface area contributed by atoms with Gasteiger partial charge in [-0.15, -0.1) is 12.6 Å². The minimum Gasteiger partial charge on any atom is -0.339 e. The molecule has 0 spiro atoms. The Morgan fingerprint density at radius 2 is 2.00 bits per heavy atom. The summed E-state index contributed by atoms with van der Waals surface area (Å²) in [5.74, 6) is 0.158. The van der Waals surface area contributed by atoms with Gasteiger partial charge in [-0.1, -0.05) is 19.9 Å². The molecular weight excluding hydrogens is 254 g/mol. The van der Waals surface area contributed by atoms with E-state index < -0.39 is 0 Å². The van der Waals surface area contributed by atoms with Gasteiger partial charge in [-0.05, 0) is 49.3 Å². The third-order valence-corrected chi connectivity index (χ3v) is 4.36. The van der Waals surface area contributed by atoms with E-state index in [0.29, 0.717) is 5.41 Å². The minimum atomic E-state index is 0.158. The lowest BCUT2D eigenvalue weighted by Crippen LogP contribution is -2.32. The van der Waals surface area contributed by atoms with Crippen molar-refractivity contribution < 1.29 is 4.79 Å². The molecule has 0 aromatic heterocycles. The molecule has 0 aliphatic carbocycles. The summed E-state index contributed by atoms with van der Waals surface area (Å²) < 4.78 is 0. The molecule has 1 aromatic rings. The van der Waals surface area contributed by atoms with E-state index in [1.165, 1.54) is 6.42 Å². The number of aryl methyl sites for hydroxylation is 1. The van der Waals surface area contributed by atoms with E-state index in [1.807, 2.05) is 30.0 Å². The number of amides is 1. The molecule has 0 atom stereocenters. The third kappa shape index (κ3) is 3.53. The Hall–Kier alpha value is -0.960. The van der Waals surface area contributed by atoms with E-state index >= 15 is 0 Å². The van der Waals surface area contributed by atoms with Gasteiger partial charge in [0.2, 0.25) is 0 Å². The van der Waals surface area contributed by atoms with Crippen LogP contribution in [0.2, 0.25) is 0 Å². The summed E-state index contributed by atoms with van der Waals surface area (Å²) >= 11 is 4.34. The molecule has 1 heterocycles. The van der Waals surface area contributed by atoms with Crippen LogP contribution in [0.4, 0.5) is 0 Å². The van der Waals surface area contributed by atoms with Crippen LogP contribution in [0.5, 0.6) is 0 Å². The van der Waals surface area contributed by atoms with Gasteiger partial charge in [-0.2, -0.15) is 0 Å². The van der Waals surface area contributed by atoms with Crippen molar-refractivity contribution in [2.24, 2.45) is 5.41 Å². The smallest absolute Gasteiger partial charge is 0.254 e. The normalized spacial score (nSPS) is 19.1. The minimum absolute atomic E-state index is 0.158. The van der Waals surface area contributed by atoms with Crippen molar-refractivity contribution in [3.8, 4) is 0 Å². The first-order chi connectivity index (χ1) is 8.89. The van der Waals surface area contributed by atoms with Crippen molar-refractivity contribution in [3.63, 3.8) is 0 Å². The van der Waals surface area contributed by atoms with Crippen LogP contribution in [-0.2, 0) is 0 Å². The molecule has 1 amide bonds. The summed E-state index contributed by atoms with van der Waals surface area (Å²) in [7, 11) is 0. The lowest BCUT2D eigenvalue weighted by atomic mass is 9.85. The second kappa shape index (κ2) is 5.58. The molecule has 0 radical (unpaired) electrons. The molecule has 104 valence electrons. The Balaban J connectivity index is 2.17. The number of hydrogen-bond acceptors (Lipinski definition) is 2. The zero-order valence-electron chi connectivity index (χ0n) is 12.1. The largest absolute Gasteiger partial charge is 0.339 e. The van der Waals surface area contributed by atoms with E-state index in [-0.39, 0.29) is 5.91 Å². The highest BCUT2D eigenvalue weighted by Gasteiger charge is 2.26. The van der Waals surface area contributed by atoms with E-state index in [4.69, 9.17) is 0 Å². The van der Waals surface area contributed by atoms with Gasteiger partial charge in [0.25, 0.3) is 5.91 Å². The first kappa shape index (κ1) is 14.4. The van der Waals surface area contributed by atoms with Crippen molar-refractivity contribution >= 4 is 18.5 Å². The van der Waals surface area contributed by atoms with Gasteiger partial charge in [0.15, 0.2) is 0 Å². The van der Waals surface area contributed by atoms with Gasteiger partial charge in [-0.3, -0.25) is 4.79 Å². The molecule has 1 fully saturated rings. The molecule has 1 aromatic carbocycles. The SMILES string of the molecule is Cc1ccc(S)cc1C(=O)N1CCCC(C)(C)CC1. The predicted molar refractivity (Wildman–Crippen MR) is 82.0 cm³/mol. The number of rotatable bonds is 1. The molecule has 1 aliphatic rings. The molecule has 2 rings (SSSR count). The number of carbonyl (C=O) groups excluding carboxylic acids is 1. The first-order valence-corrected chi connectivity index (χ1v) is 7.43. The highest BCUT2D eigenvalue weighted by atomic mass is 32.1. The monoisotopic (exact) mass is 277 g/mol. The van der Waals surface area contributed by atoms with Crippen LogP contribution >= 0.6 is 12.6 Å². The molecule has 0 N–H and O–H groups in total. The molecule has 1 aliphatic heterocycles. The van der Waals surface area contributed by atoms with Crippen LogP contribution in [0, 0.1) is 12.3 Å². The molecule has 2 nitrogen and oxygen atoms in total. The number of likely N-dealkylation sites (tertiary alicyclic amines) is 1. The summed E-state index contributed by atoms with van der Waals surface area (Å²) in [6, 6.07) is 5.79. The van der Waals surface area contributed by atoms with Crippen LogP contribution in [0.3, 0.4) is 0 Å². The van der Waals surface area contributed by atoms with Gasteiger partial charge in [0, 0.05) is 23.5 Å². The Labute approximate surface area is 121 Å². The Morgan fingerprint density at radius 3 is 2.74 bits per heavy atom. The van der Waals surface area contributed by atoms with Crippen LogP contribution in [0.25, 0.3) is 0 Å². The standard InChI is InChI=1S/C16H23NOS/c1-12-5-6-13(19)11-14(12)15(18)17-9-4-7-16(2,3)8-10-17/h5-6,11,19H,4,7-10H2,1-3H3. The van der Waals surface area contributed by atoms with E-state index in [1.54, 1.807) is 0 Å². The summed E-state index contributed by atoms with van der Waals surface area (Å²) in [5, 5.41) is 0. The molecular formula is C16H23NOS. The zero-order valence-corrected chi connectivity index (χ0v) is 13.0. The molecule has 0 unspecified atom stereocenters. The Morgan fingerprint density at radius 1 is 1.26 bits per heavy atom. The number of nitrogens with zero attached hydrogens (tertiary/aromatic N) is 1. The Kier molecular flexibility index (Phi) is 4.24. The number of thiol groups is 1. The van der Waals surface area contributed by atoms with Gasteiger partial charge < -0.3 is 4.90 Å². The van der Waals surface area contributed by atoms with Crippen molar-refractivity contribution in [2.75, 3.05) is 13.1 Å². The maximum Gasteiger partial charge on any atom is 0.254 e. The lowest BCUT2D eigenvalue weighted by Gasteiger charge is -2.24. The molecule has 0 saturated carbocycles. The number of carbonyl (C=O) groups is 1. The van der Waals surface area contributed by atoms with Crippen LogP contribution in [-0.4, -0.2) is 23.9 Å².